The maximum atomic E-state index is 12.7. The molecule has 0 bridgehead atoms. The number of nitrogens with zero attached hydrogens (tertiary/aromatic N) is 2. The third kappa shape index (κ3) is 3.04. The molecule has 2 rings (SSSR count). The molecule has 1 aliphatic heterocycles. The standard InChI is InChI=1S/C17H22N2O3/c1-3-4-10-19-16(21)14(13-8-6-5-7-9-13)15(17(19)22)18(2)11-12-20/h5-9,20H,3-4,10-12H2,1-2H3. The zero-order chi connectivity index (χ0) is 16.1. The predicted octanol–water partition coefficient (Wildman–Crippen LogP) is 1.49. The molecule has 0 fully saturated rings. The van der Waals surface area contributed by atoms with Crippen LogP contribution in [0, 0.1) is 0 Å². The summed E-state index contributed by atoms with van der Waals surface area (Å²) in [5.41, 5.74) is 1.54. The van der Waals surface area contributed by atoms with Gasteiger partial charge in [0, 0.05) is 20.1 Å². The summed E-state index contributed by atoms with van der Waals surface area (Å²) in [5, 5.41) is 9.14. The Morgan fingerprint density at radius 1 is 1.14 bits per heavy atom. The van der Waals surface area contributed by atoms with E-state index in [2.05, 4.69) is 0 Å². The summed E-state index contributed by atoms with van der Waals surface area (Å²) >= 11 is 0. The highest BCUT2D eigenvalue weighted by Gasteiger charge is 2.40. The van der Waals surface area contributed by atoms with Gasteiger partial charge in [0.15, 0.2) is 0 Å². The lowest BCUT2D eigenvalue weighted by molar-refractivity contribution is -0.137. The van der Waals surface area contributed by atoms with E-state index in [-0.39, 0.29) is 18.4 Å². The lowest BCUT2D eigenvalue weighted by atomic mass is 10.0. The van der Waals surface area contributed by atoms with Crippen LogP contribution in [0.15, 0.2) is 36.0 Å². The van der Waals surface area contributed by atoms with E-state index in [0.717, 1.165) is 18.4 Å². The number of imide groups is 1. The normalized spacial score (nSPS) is 15.0. The molecule has 0 unspecified atom stereocenters. The number of rotatable bonds is 7. The molecule has 0 aromatic heterocycles. The molecule has 0 aliphatic carbocycles. The first-order valence-corrected chi connectivity index (χ1v) is 7.59. The first-order chi connectivity index (χ1) is 10.6. The van der Waals surface area contributed by atoms with Gasteiger partial charge in [-0.1, -0.05) is 43.7 Å². The summed E-state index contributed by atoms with van der Waals surface area (Å²) in [7, 11) is 1.73. The van der Waals surface area contributed by atoms with Crippen LogP contribution in [-0.2, 0) is 9.59 Å². The molecule has 2 amide bonds. The zero-order valence-electron chi connectivity index (χ0n) is 13.1. The van der Waals surface area contributed by atoms with E-state index in [1.165, 1.54) is 4.90 Å². The molecule has 0 saturated carbocycles. The third-order valence-corrected chi connectivity index (χ3v) is 3.76. The van der Waals surface area contributed by atoms with E-state index in [0.29, 0.717) is 24.4 Å². The van der Waals surface area contributed by atoms with Crippen LogP contribution in [0.4, 0.5) is 0 Å². The summed E-state index contributed by atoms with van der Waals surface area (Å²) < 4.78 is 0. The van der Waals surface area contributed by atoms with Crippen molar-refractivity contribution in [3.05, 3.63) is 41.6 Å². The van der Waals surface area contributed by atoms with Crippen LogP contribution >= 0.6 is 0 Å². The lowest BCUT2D eigenvalue weighted by Crippen LogP contribution is -2.35. The van der Waals surface area contributed by atoms with E-state index in [9.17, 15) is 9.59 Å². The molecule has 5 nitrogen and oxygen atoms in total. The van der Waals surface area contributed by atoms with Crippen LogP contribution in [0.1, 0.15) is 25.3 Å². The number of benzene rings is 1. The minimum Gasteiger partial charge on any atom is -0.395 e. The molecule has 1 N–H and O–H groups in total. The first-order valence-electron chi connectivity index (χ1n) is 7.59. The number of amides is 2. The van der Waals surface area contributed by atoms with Gasteiger partial charge in [-0.3, -0.25) is 14.5 Å². The molecule has 118 valence electrons. The molecule has 0 radical (unpaired) electrons. The van der Waals surface area contributed by atoms with Crippen LogP contribution in [0.25, 0.3) is 5.57 Å². The molecule has 22 heavy (non-hydrogen) atoms. The molecule has 1 aromatic carbocycles. The van der Waals surface area contributed by atoms with Crippen molar-refractivity contribution in [3.63, 3.8) is 0 Å². The highest BCUT2D eigenvalue weighted by Crippen LogP contribution is 2.31. The zero-order valence-corrected chi connectivity index (χ0v) is 13.1. The number of carbonyl (C=O) groups is 2. The van der Waals surface area contributed by atoms with Gasteiger partial charge in [0.05, 0.1) is 12.2 Å². The molecule has 1 aromatic rings. The smallest absolute Gasteiger partial charge is 0.277 e. The molecule has 0 saturated heterocycles. The summed E-state index contributed by atoms with van der Waals surface area (Å²) in [6.45, 7) is 2.70. The lowest BCUT2D eigenvalue weighted by Gasteiger charge is -2.20. The second-order valence-electron chi connectivity index (χ2n) is 5.35. The van der Waals surface area contributed by atoms with Crippen LogP contribution in [-0.4, -0.2) is 53.5 Å². The van der Waals surface area contributed by atoms with Crippen molar-refractivity contribution in [1.82, 2.24) is 9.80 Å². The molecule has 0 spiro atoms. The Kier molecular flexibility index (Phi) is 5.33. The Bertz CT molecular complexity index is 581. The van der Waals surface area contributed by atoms with E-state index in [4.69, 9.17) is 5.11 Å². The van der Waals surface area contributed by atoms with Crippen molar-refractivity contribution in [3.8, 4) is 0 Å². The van der Waals surface area contributed by atoms with E-state index >= 15 is 0 Å². The van der Waals surface area contributed by atoms with Gasteiger partial charge in [-0.15, -0.1) is 0 Å². The van der Waals surface area contributed by atoms with E-state index < -0.39 is 0 Å². The Labute approximate surface area is 130 Å². The number of aliphatic hydroxyl groups is 1. The molecule has 1 heterocycles. The minimum atomic E-state index is -0.270. The average molecular weight is 302 g/mol. The number of aliphatic hydroxyl groups excluding tert-OH is 1. The van der Waals surface area contributed by atoms with Crippen molar-refractivity contribution in [1.29, 1.82) is 0 Å². The summed E-state index contributed by atoms with van der Waals surface area (Å²) in [6.07, 6.45) is 1.70. The number of carbonyl (C=O) groups excluding carboxylic acids is 2. The van der Waals surface area contributed by atoms with Crippen molar-refractivity contribution in [2.75, 3.05) is 26.7 Å². The van der Waals surface area contributed by atoms with E-state index in [1.54, 1.807) is 11.9 Å². The van der Waals surface area contributed by atoms with Gasteiger partial charge in [0.1, 0.15) is 5.70 Å². The van der Waals surface area contributed by atoms with Gasteiger partial charge in [-0.2, -0.15) is 0 Å². The van der Waals surface area contributed by atoms with Crippen LogP contribution in [0.2, 0.25) is 0 Å². The fourth-order valence-corrected chi connectivity index (χ4v) is 2.56. The highest BCUT2D eigenvalue weighted by molar-refractivity contribution is 6.35. The summed E-state index contributed by atoms with van der Waals surface area (Å²) in [5.74, 6) is -0.516. The van der Waals surface area contributed by atoms with Crippen LogP contribution in [0.5, 0.6) is 0 Å². The number of hydrogen-bond acceptors (Lipinski definition) is 4. The molecule has 0 atom stereocenters. The van der Waals surface area contributed by atoms with Crippen LogP contribution in [0.3, 0.4) is 0 Å². The van der Waals surface area contributed by atoms with Gasteiger partial charge in [0.2, 0.25) is 0 Å². The first kappa shape index (κ1) is 16.2. The minimum absolute atomic E-state index is 0.0709. The molecule has 1 aliphatic rings. The van der Waals surface area contributed by atoms with Crippen molar-refractivity contribution in [2.45, 2.75) is 19.8 Å². The van der Waals surface area contributed by atoms with Crippen molar-refractivity contribution in [2.24, 2.45) is 0 Å². The number of likely N-dealkylation sites (N-methyl/N-ethyl adjacent to an activating group) is 1. The second kappa shape index (κ2) is 7.22. The highest BCUT2D eigenvalue weighted by atomic mass is 16.3. The van der Waals surface area contributed by atoms with Gasteiger partial charge in [0.25, 0.3) is 11.8 Å². The van der Waals surface area contributed by atoms with Gasteiger partial charge >= 0.3 is 0 Å². The van der Waals surface area contributed by atoms with Gasteiger partial charge < -0.3 is 10.0 Å². The Morgan fingerprint density at radius 3 is 2.41 bits per heavy atom. The number of unbranched alkanes of at least 4 members (excludes halogenated alkanes) is 1. The fraction of sp³-hybridized carbons (Fsp3) is 0.412. The maximum Gasteiger partial charge on any atom is 0.277 e. The summed E-state index contributed by atoms with van der Waals surface area (Å²) in [4.78, 5) is 28.3. The topological polar surface area (TPSA) is 60.9 Å². The second-order valence-corrected chi connectivity index (χ2v) is 5.35. The fourth-order valence-electron chi connectivity index (χ4n) is 2.56. The third-order valence-electron chi connectivity index (χ3n) is 3.76. The maximum absolute atomic E-state index is 12.7. The molecule has 5 heteroatoms. The molecular weight excluding hydrogens is 280 g/mol. The van der Waals surface area contributed by atoms with Crippen molar-refractivity contribution >= 4 is 17.4 Å². The Morgan fingerprint density at radius 2 is 1.82 bits per heavy atom. The van der Waals surface area contributed by atoms with Crippen LogP contribution < -0.4 is 0 Å². The van der Waals surface area contributed by atoms with E-state index in [1.807, 2.05) is 37.3 Å². The SMILES string of the molecule is CCCCN1C(=O)C(c2ccccc2)=C(N(C)CCO)C1=O. The average Bonchev–Trinajstić information content (AvgIpc) is 2.77. The van der Waals surface area contributed by atoms with Crippen molar-refractivity contribution < 1.29 is 14.7 Å². The summed E-state index contributed by atoms with van der Waals surface area (Å²) in [6, 6.07) is 9.22. The number of hydrogen-bond donors (Lipinski definition) is 1. The Balaban J connectivity index is 2.44. The van der Waals surface area contributed by atoms with Gasteiger partial charge in [-0.05, 0) is 12.0 Å². The molecular formula is C17H22N2O3. The predicted molar refractivity (Wildman–Crippen MR) is 84.7 cm³/mol. The monoisotopic (exact) mass is 302 g/mol. The van der Waals surface area contributed by atoms with Gasteiger partial charge in [-0.25, -0.2) is 0 Å². The quantitative estimate of drug-likeness (QED) is 0.775. The largest absolute Gasteiger partial charge is 0.395 e. The Hall–Kier alpha value is -2.14.